The molecule has 0 spiro atoms. The molecular formula is C15H21N3O3. The summed E-state index contributed by atoms with van der Waals surface area (Å²) in [6, 6.07) is 7.07. The Morgan fingerprint density at radius 1 is 1.48 bits per heavy atom. The summed E-state index contributed by atoms with van der Waals surface area (Å²) in [7, 11) is 3.34. The number of carbonyl (C=O) groups excluding carboxylic acids is 1. The number of rotatable bonds is 5. The molecule has 0 bridgehead atoms. The van der Waals surface area contributed by atoms with Crippen LogP contribution in [-0.4, -0.2) is 36.7 Å². The number of hydrogen-bond acceptors (Lipinski definition) is 4. The van der Waals surface area contributed by atoms with Crippen molar-refractivity contribution in [2.75, 3.05) is 19.1 Å². The maximum atomic E-state index is 12.5. The highest BCUT2D eigenvalue weighted by Crippen LogP contribution is 2.38. The second-order valence-electron chi connectivity index (χ2n) is 5.37. The first-order valence-electron chi connectivity index (χ1n) is 6.91. The lowest BCUT2D eigenvalue weighted by molar-refractivity contribution is -0.131. The number of oxime groups is 1. The van der Waals surface area contributed by atoms with E-state index < -0.39 is 0 Å². The van der Waals surface area contributed by atoms with Crippen molar-refractivity contribution in [3.8, 4) is 0 Å². The molecule has 1 aromatic carbocycles. The SMILES string of the molecule is COC1(CC(=O)N(C)c2ccccc2/C(N)=N/O)CCC1. The van der Waals surface area contributed by atoms with Crippen molar-refractivity contribution >= 4 is 17.4 Å². The predicted molar refractivity (Wildman–Crippen MR) is 80.6 cm³/mol. The van der Waals surface area contributed by atoms with E-state index in [0.717, 1.165) is 19.3 Å². The molecule has 21 heavy (non-hydrogen) atoms. The number of nitrogens with two attached hydrogens (primary N) is 1. The topological polar surface area (TPSA) is 88.2 Å². The maximum Gasteiger partial charge on any atom is 0.229 e. The Labute approximate surface area is 124 Å². The number of anilines is 1. The Morgan fingerprint density at radius 2 is 2.14 bits per heavy atom. The maximum absolute atomic E-state index is 12.5. The molecular weight excluding hydrogens is 270 g/mol. The minimum atomic E-state index is -0.323. The first kappa shape index (κ1) is 15.3. The molecule has 0 aliphatic heterocycles. The molecule has 1 fully saturated rings. The van der Waals surface area contributed by atoms with Crippen LogP contribution in [0.15, 0.2) is 29.4 Å². The van der Waals surface area contributed by atoms with Gasteiger partial charge in [-0.3, -0.25) is 4.79 Å². The van der Waals surface area contributed by atoms with Gasteiger partial charge in [0.2, 0.25) is 5.91 Å². The fourth-order valence-corrected chi connectivity index (χ4v) is 2.59. The van der Waals surface area contributed by atoms with Crippen molar-refractivity contribution in [3.05, 3.63) is 29.8 Å². The molecule has 1 aromatic rings. The molecule has 0 radical (unpaired) electrons. The predicted octanol–water partition coefficient (Wildman–Crippen LogP) is 1.70. The van der Waals surface area contributed by atoms with Crippen LogP contribution < -0.4 is 10.6 Å². The van der Waals surface area contributed by atoms with Crippen LogP contribution in [-0.2, 0) is 9.53 Å². The molecule has 6 heteroatoms. The van der Waals surface area contributed by atoms with Crippen molar-refractivity contribution in [2.24, 2.45) is 10.9 Å². The van der Waals surface area contributed by atoms with Gasteiger partial charge in [-0.15, -0.1) is 0 Å². The molecule has 1 saturated carbocycles. The highest BCUT2D eigenvalue weighted by atomic mass is 16.5. The Morgan fingerprint density at radius 3 is 2.67 bits per heavy atom. The number of benzene rings is 1. The van der Waals surface area contributed by atoms with Crippen LogP contribution in [0.1, 0.15) is 31.2 Å². The Balaban J connectivity index is 2.20. The molecule has 6 nitrogen and oxygen atoms in total. The van der Waals surface area contributed by atoms with Crippen molar-refractivity contribution in [1.82, 2.24) is 0 Å². The average Bonchev–Trinajstić information content (AvgIpc) is 2.49. The summed E-state index contributed by atoms with van der Waals surface area (Å²) < 4.78 is 5.49. The van der Waals surface area contributed by atoms with Gasteiger partial charge >= 0.3 is 0 Å². The largest absolute Gasteiger partial charge is 0.409 e. The van der Waals surface area contributed by atoms with Crippen LogP contribution in [0.5, 0.6) is 0 Å². The molecule has 1 aliphatic carbocycles. The summed E-state index contributed by atoms with van der Waals surface area (Å²) in [6.45, 7) is 0. The summed E-state index contributed by atoms with van der Waals surface area (Å²) >= 11 is 0. The molecule has 114 valence electrons. The van der Waals surface area contributed by atoms with Gasteiger partial charge in [-0.25, -0.2) is 0 Å². The van der Waals surface area contributed by atoms with Gasteiger partial charge in [0.25, 0.3) is 0 Å². The van der Waals surface area contributed by atoms with Crippen molar-refractivity contribution < 1.29 is 14.7 Å². The lowest BCUT2D eigenvalue weighted by Crippen LogP contribution is -2.44. The molecule has 2 rings (SSSR count). The summed E-state index contributed by atoms with van der Waals surface area (Å²) in [5, 5.41) is 11.9. The van der Waals surface area contributed by atoms with Crippen LogP contribution in [0.25, 0.3) is 0 Å². The van der Waals surface area contributed by atoms with Crippen LogP contribution in [0.2, 0.25) is 0 Å². The standard InChI is InChI=1S/C15H21N3O3/c1-18(13(19)10-15(21-2)8-5-9-15)12-7-4-3-6-11(12)14(16)17-20/h3-4,6-7,20H,5,8-10H2,1-2H3,(H2,16,17). The summed E-state index contributed by atoms with van der Waals surface area (Å²) in [4.78, 5) is 14.0. The molecule has 0 aromatic heterocycles. The van der Waals surface area contributed by atoms with Crippen LogP contribution >= 0.6 is 0 Å². The van der Waals surface area contributed by atoms with Gasteiger partial charge in [0.1, 0.15) is 0 Å². The Kier molecular flexibility index (Phi) is 4.47. The van der Waals surface area contributed by atoms with Gasteiger partial charge in [-0.2, -0.15) is 0 Å². The van der Waals surface area contributed by atoms with Crippen LogP contribution in [0.4, 0.5) is 5.69 Å². The van der Waals surface area contributed by atoms with Crippen molar-refractivity contribution in [2.45, 2.75) is 31.3 Å². The Hall–Kier alpha value is -2.08. The number of ether oxygens (including phenoxy) is 1. The zero-order valence-corrected chi connectivity index (χ0v) is 12.4. The smallest absolute Gasteiger partial charge is 0.229 e. The van der Waals surface area contributed by atoms with E-state index in [9.17, 15) is 4.79 Å². The van der Waals surface area contributed by atoms with Crippen molar-refractivity contribution in [1.29, 1.82) is 0 Å². The third-order valence-electron chi connectivity index (χ3n) is 4.19. The van der Waals surface area contributed by atoms with E-state index in [1.807, 2.05) is 6.07 Å². The number of methoxy groups -OCH3 is 1. The molecule has 1 amide bonds. The zero-order chi connectivity index (χ0) is 15.5. The molecule has 0 heterocycles. The van der Waals surface area contributed by atoms with Gasteiger partial charge in [0, 0.05) is 19.7 Å². The molecule has 3 N–H and O–H groups in total. The average molecular weight is 291 g/mol. The minimum absolute atomic E-state index is 0.0182. The second-order valence-corrected chi connectivity index (χ2v) is 5.37. The number of carbonyl (C=O) groups is 1. The van der Waals surface area contributed by atoms with E-state index in [1.54, 1.807) is 32.4 Å². The van der Waals surface area contributed by atoms with E-state index >= 15 is 0 Å². The number of hydrogen-bond donors (Lipinski definition) is 2. The van der Waals surface area contributed by atoms with Crippen LogP contribution in [0.3, 0.4) is 0 Å². The van der Waals surface area contributed by atoms with E-state index in [4.69, 9.17) is 15.7 Å². The highest BCUT2D eigenvalue weighted by molar-refractivity contribution is 6.06. The number of nitrogens with zero attached hydrogens (tertiary/aromatic N) is 2. The number of amides is 1. The van der Waals surface area contributed by atoms with E-state index in [0.29, 0.717) is 17.7 Å². The number of para-hydroxylation sites is 1. The quantitative estimate of drug-likeness (QED) is 0.374. The van der Waals surface area contributed by atoms with E-state index in [2.05, 4.69) is 5.16 Å². The zero-order valence-electron chi connectivity index (χ0n) is 12.4. The lowest BCUT2D eigenvalue weighted by Gasteiger charge is -2.40. The molecule has 0 unspecified atom stereocenters. The number of amidine groups is 1. The van der Waals surface area contributed by atoms with E-state index in [1.165, 1.54) is 4.90 Å². The second kappa shape index (κ2) is 6.13. The van der Waals surface area contributed by atoms with Gasteiger partial charge in [0.15, 0.2) is 5.84 Å². The fraction of sp³-hybridized carbons (Fsp3) is 0.467. The summed E-state index contributed by atoms with van der Waals surface area (Å²) in [5.41, 5.74) is 6.48. The summed E-state index contributed by atoms with van der Waals surface area (Å²) in [6.07, 6.45) is 3.24. The molecule has 0 saturated heterocycles. The fourth-order valence-electron chi connectivity index (χ4n) is 2.59. The third kappa shape index (κ3) is 3.00. The van der Waals surface area contributed by atoms with Gasteiger partial charge in [-0.1, -0.05) is 17.3 Å². The first-order valence-corrected chi connectivity index (χ1v) is 6.91. The van der Waals surface area contributed by atoms with Gasteiger partial charge in [-0.05, 0) is 31.4 Å². The van der Waals surface area contributed by atoms with Crippen molar-refractivity contribution in [3.63, 3.8) is 0 Å². The van der Waals surface area contributed by atoms with Crippen LogP contribution in [0, 0.1) is 0 Å². The molecule has 1 aliphatic rings. The minimum Gasteiger partial charge on any atom is -0.409 e. The third-order valence-corrected chi connectivity index (χ3v) is 4.19. The first-order chi connectivity index (χ1) is 10.0. The molecule has 0 atom stereocenters. The summed E-state index contributed by atoms with van der Waals surface area (Å²) in [5.74, 6) is -0.0647. The monoisotopic (exact) mass is 291 g/mol. The Bertz CT molecular complexity index is 547. The normalized spacial score (nSPS) is 17.1. The van der Waals surface area contributed by atoms with Gasteiger partial charge in [0.05, 0.1) is 17.7 Å². The van der Waals surface area contributed by atoms with Gasteiger partial charge < -0.3 is 20.6 Å². The van der Waals surface area contributed by atoms with E-state index in [-0.39, 0.29) is 17.3 Å². The lowest BCUT2D eigenvalue weighted by atomic mass is 9.77. The highest BCUT2D eigenvalue weighted by Gasteiger charge is 2.40.